The van der Waals surface area contributed by atoms with Gasteiger partial charge < -0.3 is 15.0 Å². The molecule has 1 amide bonds. The summed E-state index contributed by atoms with van der Waals surface area (Å²) in [6.07, 6.45) is 6.46. The summed E-state index contributed by atoms with van der Waals surface area (Å²) in [5.41, 5.74) is 0.794. The van der Waals surface area contributed by atoms with E-state index in [9.17, 15) is 4.79 Å². The number of nitrogens with zero attached hydrogens (tertiary/aromatic N) is 2. The Kier molecular flexibility index (Phi) is 6.10. The molecule has 2 aliphatic rings. The fourth-order valence-electron chi connectivity index (χ4n) is 3.83. The van der Waals surface area contributed by atoms with Crippen molar-refractivity contribution in [1.29, 1.82) is 0 Å². The Morgan fingerprint density at radius 1 is 1.17 bits per heavy atom. The molecule has 2 aliphatic heterocycles. The number of nitrogens with one attached hydrogen (secondary N) is 1. The summed E-state index contributed by atoms with van der Waals surface area (Å²) >= 11 is 0. The van der Waals surface area contributed by atoms with Gasteiger partial charge in [0.2, 0.25) is 5.91 Å². The predicted octanol–water partition coefficient (Wildman–Crippen LogP) is 2.58. The molecule has 1 N–H and O–H groups in total. The molecule has 3 rings (SSSR count). The smallest absolute Gasteiger partial charge is 0.238 e. The van der Waals surface area contributed by atoms with E-state index in [1.54, 1.807) is 7.11 Å². The van der Waals surface area contributed by atoms with Gasteiger partial charge in [0.1, 0.15) is 5.75 Å². The number of carbonyl (C=O) groups excluding carboxylic acids is 1. The Labute approximate surface area is 145 Å². The van der Waals surface area contributed by atoms with Crippen LogP contribution in [0.15, 0.2) is 24.3 Å². The molecular weight excluding hydrogens is 302 g/mol. The number of benzene rings is 1. The first-order valence-corrected chi connectivity index (χ1v) is 9.15. The van der Waals surface area contributed by atoms with Crippen molar-refractivity contribution in [2.75, 3.05) is 45.2 Å². The SMILES string of the molecule is COc1cccc(NC(=O)CN2CCC(N3CCCCC3)CC2)c1. The van der Waals surface area contributed by atoms with Crippen molar-refractivity contribution in [2.45, 2.75) is 38.1 Å². The van der Waals surface area contributed by atoms with Crippen LogP contribution in [0.3, 0.4) is 0 Å². The van der Waals surface area contributed by atoms with Crippen molar-refractivity contribution in [3.63, 3.8) is 0 Å². The van der Waals surface area contributed by atoms with E-state index in [1.807, 2.05) is 24.3 Å². The molecule has 0 saturated carbocycles. The van der Waals surface area contributed by atoms with Gasteiger partial charge in [0.15, 0.2) is 0 Å². The summed E-state index contributed by atoms with van der Waals surface area (Å²) in [6.45, 7) is 5.05. The fraction of sp³-hybridized carbons (Fsp3) is 0.632. The van der Waals surface area contributed by atoms with Gasteiger partial charge in [0.25, 0.3) is 0 Å². The average Bonchev–Trinajstić information content (AvgIpc) is 2.63. The molecular formula is C19H29N3O2. The first-order chi connectivity index (χ1) is 11.7. The number of rotatable bonds is 5. The van der Waals surface area contributed by atoms with Crippen LogP contribution in [0.4, 0.5) is 5.69 Å². The van der Waals surface area contributed by atoms with Gasteiger partial charge in [0, 0.05) is 30.9 Å². The van der Waals surface area contributed by atoms with Gasteiger partial charge in [-0.2, -0.15) is 0 Å². The molecule has 0 bridgehead atoms. The summed E-state index contributed by atoms with van der Waals surface area (Å²) < 4.78 is 5.19. The molecule has 0 unspecified atom stereocenters. The molecule has 0 spiro atoms. The van der Waals surface area contributed by atoms with Gasteiger partial charge in [-0.25, -0.2) is 0 Å². The Morgan fingerprint density at radius 3 is 2.62 bits per heavy atom. The maximum Gasteiger partial charge on any atom is 0.238 e. The molecule has 5 nitrogen and oxygen atoms in total. The van der Waals surface area contributed by atoms with E-state index in [0.717, 1.165) is 30.6 Å². The maximum absolute atomic E-state index is 12.3. The largest absolute Gasteiger partial charge is 0.497 e. The summed E-state index contributed by atoms with van der Waals surface area (Å²) in [5.74, 6) is 0.815. The van der Waals surface area contributed by atoms with Gasteiger partial charge >= 0.3 is 0 Å². The second-order valence-electron chi connectivity index (χ2n) is 6.88. The van der Waals surface area contributed by atoms with Crippen molar-refractivity contribution in [1.82, 2.24) is 9.80 Å². The summed E-state index contributed by atoms with van der Waals surface area (Å²) in [5, 5.41) is 2.97. The third kappa shape index (κ3) is 4.71. The lowest BCUT2D eigenvalue weighted by molar-refractivity contribution is -0.117. The number of methoxy groups -OCH3 is 1. The van der Waals surface area contributed by atoms with Crippen LogP contribution in [-0.4, -0.2) is 61.6 Å². The van der Waals surface area contributed by atoms with E-state index in [4.69, 9.17) is 4.74 Å². The lowest BCUT2D eigenvalue weighted by Crippen LogP contribution is -2.48. The topological polar surface area (TPSA) is 44.8 Å². The monoisotopic (exact) mass is 331 g/mol. The molecule has 0 aromatic heterocycles. The fourth-order valence-corrected chi connectivity index (χ4v) is 3.83. The summed E-state index contributed by atoms with van der Waals surface area (Å²) in [7, 11) is 1.63. The number of piperidine rings is 2. The first kappa shape index (κ1) is 17.2. The van der Waals surface area contributed by atoms with Crippen molar-refractivity contribution in [2.24, 2.45) is 0 Å². The van der Waals surface area contributed by atoms with Crippen molar-refractivity contribution < 1.29 is 9.53 Å². The highest BCUT2D eigenvalue weighted by molar-refractivity contribution is 5.92. The minimum Gasteiger partial charge on any atom is -0.497 e. The lowest BCUT2D eigenvalue weighted by atomic mass is 10.00. The van der Waals surface area contributed by atoms with Gasteiger partial charge in [-0.15, -0.1) is 0 Å². The van der Waals surface area contributed by atoms with Gasteiger partial charge in [0.05, 0.1) is 13.7 Å². The molecule has 24 heavy (non-hydrogen) atoms. The van der Waals surface area contributed by atoms with Crippen LogP contribution in [-0.2, 0) is 4.79 Å². The van der Waals surface area contributed by atoms with Crippen LogP contribution in [0.25, 0.3) is 0 Å². The predicted molar refractivity (Wildman–Crippen MR) is 96.5 cm³/mol. The molecule has 0 aliphatic carbocycles. The van der Waals surface area contributed by atoms with Crippen LogP contribution in [0, 0.1) is 0 Å². The van der Waals surface area contributed by atoms with Crippen molar-refractivity contribution >= 4 is 11.6 Å². The highest BCUT2D eigenvalue weighted by Crippen LogP contribution is 2.21. The third-order valence-corrected chi connectivity index (χ3v) is 5.18. The maximum atomic E-state index is 12.3. The van der Waals surface area contributed by atoms with Gasteiger partial charge in [-0.05, 0) is 50.9 Å². The highest BCUT2D eigenvalue weighted by Gasteiger charge is 2.26. The Balaban J connectivity index is 1.42. The summed E-state index contributed by atoms with van der Waals surface area (Å²) in [4.78, 5) is 17.2. The Hall–Kier alpha value is -1.59. The minimum atomic E-state index is 0.0553. The quantitative estimate of drug-likeness (QED) is 0.901. The molecule has 0 atom stereocenters. The van der Waals surface area contributed by atoms with E-state index in [2.05, 4.69) is 15.1 Å². The van der Waals surface area contributed by atoms with E-state index in [-0.39, 0.29) is 5.91 Å². The number of amides is 1. The normalized spacial score (nSPS) is 20.7. The Bertz CT molecular complexity index is 535. The molecule has 2 saturated heterocycles. The van der Waals surface area contributed by atoms with Gasteiger partial charge in [-0.3, -0.25) is 9.69 Å². The molecule has 1 aromatic carbocycles. The first-order valence-electron chi connectivity index (χ1n) is 9.15. The second-order valence-corrected chi connectivity index (χ2v) is 6.88. The van der Waals surface area contributed by atoms with Crippen LogP contribution >= 0.6 is 0 Å². The van der Waals surface area contributed by atoms with Gasteiger partial charge in [-0.1, -0.05) is 12.5 Å². The van der Waals surface area contributed by atoms with Crippen LogP contribution in [0.2, 0.25) is 0 Å². The molecule has 5 heteroatoms. The lowest BCUT2D eigenvalue weighted by Gasteiger charge is -2.40. The Morgan fingerprint density at radius 2 is 1.92 bits per heavy atom. The van der Waals surface area contributed by atoms with Crippen LogP contribution in [0.1, 0.15) is 32.1 Å². The second kappa shape index (κ2) is 8.49. The van der Waals surface area contributed by atoms with Crippen LogP contribution in [0.5, 0.6) is 5.75 Å². The number of ether oxygens (including phenoxy) is 1. The molecule has 2 fully saturated rings. The zero-order valence-corrected chi connectivity index (χ0v) is 14.7. The number of carbonyl (C=O) groups is 1. The summed E-state index contributed by atoms with van der Waals surface area (Å²) in [6, 6.07) is 8.23. The zero-order chi connectivity index (χ0) is 16.8. The minimum absolute atomic E-state index is 0.0553. The number of hydrogen-bond donors (Lipinski definition) is 1. The highest BCUT2D eigenvalue weighted by atomic mass is 16.5. The number of hydrogen-bond acceptors (Lipinski definition) is 4. The number of anilines is 1. The van der Waals surface area contributed by atoms with Crippen molar-refractivity contribution in [3.8, 4) is 5.75 Å². The van der Waals surface area contributed by atoms with E-state index < -0.39 is 0 Å². The molecule has 132 valence electrons. The van der Waals surface area contributed by atoms with E-state index in [0.29, 0.717) is 6.54 Å². The molecule has 0 radical (unpaired) electrons. The van der Waals surface area contributed by atoms with Crippen LogP contribution < -0.4 is 10.1 Å². The number of likely N-dealkylation sites (tertiary alicyclic amines) is 2. The zero-order valence-electron chi connectivity index (χ0n) is 14.7. The molecule has 2 heterocycles. The molecule has 1 aromatic rings. The average molecular weight is 331 g/mol. The van der Waals surface area contributed by atoms with E-state index >= 15 is 0 Å². The standard InChI is InChI=1S/C19H29N3O2/c1-24-18-7-5-6-16(14-18)20-19(23)15-21-12-8-17(9-13-21)22-10-3-2-4-11-22/h5-7,14,17H,2-4,8-13,15H2,1H3,(H,20,23). The third-order valence-electron chi connectivity index (χ3n) is 5.18. The van der Waals surface area contributed by atoms with E-state index in [1.165, 1.54) is 45.2 Å². The van der Waals surface area contributed by atoms with Crippen molar-refractivity contribution in [3.05, 3.63) is 24.3 Å².